The summed E-state index contributed by atoms with van der Waals surface area (Å²) in [6, 6.07) is -0.438. The standard InChI is InChI=1S/C19H33BN2O3/c1-11(2)15(21)17(23)22-8-6-7-14(22)20-24-16-13-9-12(18(13,3)4)10-19(16,5)25-20/h11-16H,6-10,21H2,1-5H3/t12-,13+,14+,15+,16-,19+/m1/s1. The third-order valence-corrected chi connectivity index (χ3v) is 7.73. The Kier molecular flexibility index (Phi) is 4.06. The molecule has 3 saturated carbocycles. The molecule has 140 valence electrons. The van der Waals surface area contributed by atoms with Crippen LogP contribution in [0.1, 0.15) is 60.3 Å². The van der Waals surface area contributed by atoms with Gasteiger partial charge in [0.05, 0.1) is 23.7 Å². The van der Waals surface area contributed by atoms with Crippen LogP contribution >= 0.6 is 0 Å². The van der Waals surface area contributed by atoms with Crippen LogP contribution in [0.4, 0.5) is 0 Å². The Morgan fingerprint density at radius 1 is 1.32 bits per heavy atom. The molecule has 6 heteroatoms. The first-order chi connectivity index (χ1) is 11.6. The molecular weight excluding hydrogens is 315 g/mol. The molecule has 5 nitrogen and oxygen atoms in total. The molecule has 2 heterocycles. The smallest absolute Gasteiger partial charge is 0.404 e. The highest BCUT2D eigenvalue weighted by molar-refractivity contribution is 6.48. The molecule has 5 fully saturated rings. The molecule has 1 amide bonds. The van der Waals surface area contributed by atoms with Crippen molar-refractivity contribution in [2.75, 3.05) is 6.54 Å². The minimum atomic E-state index is -0.438. The molecule has 0 radical (unpaired) electrons. The number of amides is 1. The van der Waals surface area contributed by atoms with Gasteiger partial charge < -0.3 is 19.9 Å². The van der Waals surface area contributed by atoms with E-state index in [1.54, 1.807) is 0 Å². The Bertz CT molecular complexity index is 569. The van der Waals surface area contributed by atoms with Crippen molar-refractivity contribution in [3.8, 4) is 0 Å². The molecule has 2 saturated heterocycles. The van der Waals surface area contributed by atoms with Crippen molar-refractivity contribution in [2.45, 2.75) is 84.0 Å². The van der Waals surface area contributed by atoms with Crippen LogP contribution in [-0.4, -0.2) is 48.2 Å². The molecular formula is C19H33BN2O3. The molecule has 3 aliphatic carbocycles. The summed E-state index contributed by atoms with van der Waals surface area (Å²) in [5, 5.41) is 0. The molecule has 0 unspecified atom stereocenters. The Morgan fingerprint density at radius 2 is 2.04 bits per heavy atom. The summed E-state index contributed by atoms with van der Waals surface area (Å²) in [4.78, 5) is 14.7. The maximum Gasteiger partial charge on any atom is 0.481 e. The number of hydrogen-bond acceptors (Lipinski definition) is 4. The van der Waals surface area contributed by atoms with Crippen molar-refractivity contribution in [1.82, 2.24) is 4.90 Å². The summed E-state index contributed by atoms with van der Waals surface area (Å²) in [6.45, 7) is 11.7. The van der Waals surface area contributed by atoms with Crippen molar-refractivity contribution in [2.24, 2.45) is 28.9 Å². The second kappa shape index (κ2) is 5.70. The summed E-state index contributed by atoms with van der Waals surface area (Å²) >= 11 is 0. The van der Waals surface area contributed by atoms with Crippen molar-refractivity contribution in [1.29, 1.82) is 0 Å². The minimum Gasteiger partial charge on any atom is -0.404 e. The van der Waals surface area contributed by atoms with E-state index in [1.807, 2.05) is 18.7 Å². The lowest BCUT2D eigenvalue weighted by molar-refractivity contribution is -0.185. The van der Waals surface area contributed by atoms with E-state index < -0.39 is 6.04 Å². The van der Waals surface area contributed by atoms with Gasteiger partial charge >= 0.3 is 7.12 Å². The second-order valence-corrected chi connectivity index (χ2v) is 9.93. The SMILES string of the molecule is CC(C)[C@H](N)C(=O)N1CCC[C@H]1B1O[C@@H]2[C@@H]3C[C@H](C[C@]2(C)O1)C3(C)C. The van der Waals surface area contributed by atoms with E-state index in [9.17, 15) is 4.79 Å². The maximum atomic E-state index is 12.8. The second-order valence-electron chi connectivity index (χ2n) is 9.93. The highest BCUT2D eigenvalue weighted by Gasteiger charge is 2.67. The Hall–Kier alpha value is -0.585. The van der Waals surface area contributed by atoms with Gasteiger partial charge in [-0.25, -0.2) is 0 Å². The predicted octanol–water partition coefficient (Wildman–Crippen LogP) is 2.23. The fourth-order valence-corrected chi connectivity index (χ4v) is 5.73. The third-order valence-electron chi connectivity index (χ3n) is 7.73. The van der Waals surface area contributed by atoms with Gasteiger partial charge in [-0.3, -0.25) is 4.79 Å². The number of hydrogen-bond donors (Lipinski definition) is 1. The average Bonchev–Trinajstić information content (AvgIpc) is 3.15. The molecule has 2 aliphatic heterocycles. The number of likely N-dealkylation sites (tertiary alicyclic amines) is 1. The maximum absolute atomic E-state index is 12.8. The summed E-state index contributed by atoms with van der Waals surface area (Å²) in [7, 11) is -0.295. The van der Waals surface area contributed by atoms with E-state index in [4.69, 9.17) is 15.0 Å². The summed E-state index contributed by atoms with van der Waals surface area (Å²) in [5.74, 6) is 1.52. The number of carbonyl (C=O) groups excluding carboxylic acids is 1. The molecule has 0 aromatic heterocycles. The topological polar surface area (TPSA) is 64.8 Å². The molecule has 5 aliphatic rings. The van der Waals surface area contributed by atoms with Gasteiger partial charge in [0.1, 0.15) is 0 Å². The fourth-order valence-electron chi connectivity index (χ4n) is 5.73. The van der Waals surface area contributed by atoms with E-state index in [2.05, 4.69) is 20.8 Å². The average molecular weight is 348 g/mol. The van der Waals surface area contributed by atoms with Crippen LogP contribution in [0.15, 0.2) is 0 Å². The molecule has 0 aromatic carbocycles. The molecule has 0 aromatic rings. The van der Waals surface area contributed by atoms with Gasteiger partial charge in [0.25, 0.3) is 0 Å². The third kappa shape index (κ3) is 2.51. The number of nitrogens with two attached hydrogens (primary N) is 1. The van der Waals surface area contributed by atoms with Crippen LogP contribution in [0.5, 0.6) is 0 Å². The number of rotatable bonds is 3. The highest BCUT2D eigenvalue weighted by atomic mass is 16.7. The molecule has 6 atom stereocenters. The van der Waals surface area contributed by atoms with Crippen molar-refractivity contribution in [3.05, 3.63) is 0 Å². The van der Waals surface area contributed by atoms with Gasteiger partial charge in [-0.05, 0) is 55.8 Å². The van der Waals surface area contributed by atoms with Gasteiger partial charge in [-0.2, -0.15) is 0 Å². The van der Waals surface area contributed by atoms with E-state index in [0.717, 1.165) is 31.7 Å². The quantitative estimate of drug-likeness (QED) is 0.795. The van der Waals surface area contributed by atoms with E-state index in [-0.39, 0.29) is 36.6 Å². The zero-order valence-electron chi connectivity index (χ0n) is 16.3. The minimum absolute atomic E-state index is 0.0139. The Morgan fingerprint density at radius 3 is 2.68 bits per heavy atom. The molecule has 25 heavy (non-hydrogen) atoms. The lowest BCUT2D eigenvalue weighted by atomic mass is 9.45. The first kappa shape index (κ1) is 17.8. The van der Waals surface area contributed by atoms with Crippen molar-refractivity contribution < 1.29 is 14.1 Å². The predicted molar refractivity (Wildman–Crippen MR) is 97.7 cm³/mol. The van der Waals surface area contributed by atoms with E-state index in [1.165, 1.54) is 6.42 Å². The lowest BCUT2D eigenvalue weighted by Gasteiger charge is -2.63. The molecule has 5 rings (SSSR count). The van der Waals surface area contributed by atoms with Crippen LogP contribution in [0.3, 0.4) is 0 Å². The fraction of sp³-hybridized carbons (Fsp3) is 0.947. The van der Waals surface area contributed by atoms with Crippen LogP contribution in [-0.2, 0) is 14.1 Å². The van der Waals surface area contributed by atoms with Crippen LogP contribution < -0.4 is 5.73 Å². The lowest BCUT2D eigenvalue weighted by Crippen LogP contribution is -2.63. The zero-order chi connectivity index (χ0) is 18.1. The molecule has 2 N–H and O–H groups in total. The highest BCUT2D eigenvalue weighted by Crippen LogP contribution is 2.64. The van der Waals surface area contributed by atoms with Crippen molar-refractivity contribution in [3.63, 3.8) is 0 Å². The van der Waals surface area contributed by atoms with Crippen LogP contribution in [0.25, 0.3) is 0 Å². The molecule has 0 spiro atoms. The van der Waals surface area contributed by atoms with Crippen LogP contribution in [0, 0.1) is 23.2 Å². The van der Waals surface area contributed by atoms with Crippen molar-refractivity contribution >= 4 is 13.0 Å². The number of nitrogens with zero attached hydrogens (tertiary/aromatic N) is 1. The van der Waals surface area contributed by atoms with Gasteiger partial charge in [0.2, 0.25) is 5.91 Å². The first-order valence-electron chi connectivity index (χ1n) is 10.0. The number of carbonyl (C=O) groups is 1. The van der Waals surface area contributed by atoms with E-state index >= 15 is 0 Å². The summed E-state index contributed by atoms with van der Waals surface area (Å²) in [6.07, 6.45) is 4.44. The van der Waals surface area contributed by atoms with E-state index in [0.29, 0.717) is 11.3 Å². The van der Waals surface area contributed by atoms with Gasteiger partial charge in [0.15, 0.2) is 0 Å². The Labute approximate surface area is 152 Å². The molecule has 2 bridgehead atoms. The zero-order valence-corrected chi connectivity index (χ0v) is 16.3. The summed E-state index contributed by atoms with van der Waals surface area (Å²) < 4.78 is 13.0. The monoisotopic (exact) mass is 348 g/mol. The Balaban J connectivity index is 1.50. The van der Waals surface area contributed by atoms with Gasteiger partial charge in [-0.15, -0.1) is 0 Å². The van der Waals surface area contributed by atoms with Gasteiger partial charge in [-0.1, -0.05) is 27.7 Å². The van der Waals surface area contributed by atoms with Gasteiger partial charge in [0, 0.05) is 6.54 Å². The van der Waals surface area contributed by atoms with Crippen LogP contribution in [0.2, 0.25) is 0 Å². The summed E-state index contributed by atoms with van der Waals surface area (Å²) in [5.41, 5.74) is 6.30. The first-order valence-corrected chi connectivity index (χ1v) is 10.0. The normalized spacial score (nSPS) is 43.2. The largest absolute Gasteiger partial charge is 0.481 e.